The van der Waals surface area contributed by atoms with Gasteiger partial charge in [0.05, 0.1) is 6.10 Å². The van der Waals surface area contributed by atoms with E-state index >= 15 is 0 Å². The van der Waals surface area contributed by atoms with Crippen molar-refractivity contribution in [1.82, 2.24) is 0 Å². The second kappa shape index (κ2) is 6.44. The fourth-order valence-corrected chi connectivity index (χ4v) is 1.40. The molecule has 0 spiro atoms. The van der Waals surface area contributed by atoms with Gasteiger partial charge in [0.2, 0.25) is 0 Å². The standard InChI is InChI=1S/C7H14O.C3H8O/c1-6-3-2-4-7(8)5-6;1-3(2)4/h6-8H,2-5H2,1H3;3-4H,1-2H3. The highest BCUT2D eigenvalue weighted by Crippen LogP contribution is 2.22. The summed E-state index contributed by atoms with van der Waals surface area (Å²) in [6.45, 7) is 5.66. The average molecular weight is 174 g/mol. The van der Waals surface area contributed by atoms with Crippen molar-refractivity contribution in [2.45, 2.75) is 58.7 Å². The topological polar surface area (TPSA) is 40.5 Å². The molecule has 0 bridgehead atoms. The van der Waals surface area contributed by atoms with Gasteiger partial charge in [0.25, 0.3) is 0 Å². The smallest absolute Gasteiger partial charge is 0.0542 e. The van der Waals surface area contributed by atoms with Crippen LogP contribution in [0.3, 0.4) is 0 Å². The van der Waals surface area contributed by atoms with Crippen molar-refractivity contribution < 1.29 is 10.2 Å². The van der Waals surface area contributed by atoms with Gasteiger partial charge in [0.15, 0.2) is 0 Å². The van der Waals surface area contributed by atoms with Crippen molar-refractivity contribution in [3.63, 3.8) is 0 Å². The number of hydrogen-bond donors (Lipinski definition) is 2. The quantitative estimate of drug-likeness (QED) is 0.589. The van der Waals surface area contributed by atoms with Gasteiger partial charge in [0.1, 0.15) is 0 Å². The minimum Gasteiger partial charge on any atom is -0.394 e. The second-order valence-corrected chi connectivity index (χ2v) is 4.02. The number of hydrogen-bond acceptors (Lipinski definition) is 2. The summed E-state index contributed by atoms with van der Waals surface area (Å²) in [5.74, 6) is 0.763. The zero-order chi connectivity index (χ0) is 9.56. The number of aliphatic hydroxyl groups is 2. The molecule has 0 aromatic rings. The summed E-state index contributed by atoms with van der Waals surface area (Å²) >= 11 is 0. The molecule has 12 heavy (non-hydrogen) atoms. The molecule has 0 aromatic heterocycles. The summed E-state index contributed by atoms with van der Waals surface area (Å²) < 4.78 is 0. The van der Waals surface area contributed by atoms with Crippen molar-refractivity contribution in [3.8, 4) is 0 Å². The lowest BCUT2D eigenvalue weighted by Gasteiger charge is -2.21. The molecule has 1 fully saturated rings. The van der Waals surface area contributed by atoms with Crippen LogP contribution in [0.2, 0.25) is 0 Å². The Morgan fingerprint density at radius 3 is 2.00 bits per heavy atom. The molecule has 1 rings (SSSR count). The van der Waals surface area contributed by atoms with Gasteiger partial charge in [-0.3, -0.25) is 0 Å². The van der Waals surface area contributed by atoms with Crippen LogP contribution in [0.15, 0.2) is 0 Å². The lowest BCUT2D eigenvalue weighted by molar-refractivity contribution is 0.106. The molecule has 2 N–H and O–H groups in total. The highest BCUT2D eigenvalue weighted by Gasteiger charge is 2.15. The van der Waals surface area contributed by atoms with Crippen molar-refractivity contribution >= 4 is 0 Å². The third-order valence-electron chi connectivity index (χ3n) is 1.91. The molecule has 2 atom stereocenters. The molecule has 74 valence electrons. The van der Waals surface area contributed by atoms with Crippen LogP contribution in [0.1, 0.15) is 46.5 Å². The highest BCUT2D eigenvalue weighted by molar-refractivity contribution is 4.67. The van der Waals surface area contributed by atoms with Crippen molar-refractivity contribution in [2.24, 2.45) is 5.92 Å². The predicted octanol–water partition coefficient (Wildman–Crippen LogP) is 1.94. The van der Waals surface area contributed by atoms with Gasteiger partial charge < -0.3 is 10.2 Å². The van der Waals surface area contributed by atoms with E-state index in [9.17, 15) is 0 Å². The molecule has 1 aliphatic carbocycles. The zero-order valence-corrected chi connectivity index (χ0v) is 8.45. The number of rotatable bonds is 0. The molecule has 1 saturated carbocycles. The van der Waals surface area contributed by atoms with E-state index < -0.39 is 0 Å². The monoisotopic (exact) mass is 174 g/mol. The maximum absolute atomic E-state index is 9.08. The van der Waals surface area contributed by atoms with E-state index in [0.29, 0.717) is 0 Å². The Bertz CT molecular complexity index is 91.3. The Hall–Kier alpha value is -0.0800. The minimum absolute atomic E-state index is 0.0127. The van der Waals surface area contributed by atoms with Crippen LogP contribution in [-0.4, -0.2) is 22.4 Å². The first-order chi connectivity index (χ1) is 5.52. The average Bonchev–Trinajstić information content (AvgIpc) is 1.84. The Labute approximate surface area is 75.6 Å². The van der Waals surface area contributed by atoms with Crippen molar-refractivity contribution in [3.05, 3.63) is 0 Å². The minimum atomic E-state index is -0.167. The van der Waals surface area contributed by atoms with Gasteiger partial charge >= 0.3 is 0 Å². The van der Waals surface area contributed by atoms with Gasteiger partial charge in [-0.1, -0.05) is 19.8 Å². The SMILES string of the molecule is CC(C)O.CC1CCCC(O)C1. The third kappa shape index (κ3) is 8.02. The van der Waals surface area contributed by atoms with E-state index in [1.54, 1.807) is 13.8 Å². The van der Waals surface area contributed by atoms with E-state index in [1.165, 1.54) is 12.8 Å². The van der Waals surface area contributed by atoms with Crippen LogP contribution in [0, 0.1) is 5.92 Å². The van der Waals surface area contributed by atoms with Crippen molar-refractivity contribution in [1.29, 1.82) is 0 Å². The Kier molecular flexibility index (Phi) is 6.39. The molecule has 0 aliphatic heterocycles. The Morgan fingerprint density at radius 1 is 1.25 bits per heavy atom. The van der Waals surface area contributed by atoms with E-state index in [0.717, 1.165) is 18.8 Å². The first-order valence-corrected chi connectivity index (χ1v) is 4.88. The fraction of sp³-hybridized carbons (Fsp3) is 1.00. The normalized spacial score (nSPS) is 29.5. The molecule has 0 aromatic carbocycles. The van der Waals surface area contributed by atoms with Crippen LogP contribution < -0.4 is 0 Å². The molecule has 2 nitrogen and oxygen atoms in total. The van der Waals surface area contributed by atoms with Crippen LogP contribution in [0.4, 0.5) is 0 Å². The molecule has 0 saturated heterocycles. The summed E-state index contributed by atoms with van der Waals surface area (Å²) in [7, 11) is 0. The molecular formula is C10H22O2. The summed E-state index contributed by atoms with van der Waals surface area (Å²) in [5, 5.41) is 17.1. The van der Waals surface area contributed by atoms with Crippen LogP contribution in [0.5, 0.6) is 0 Å². The Balaban J connectivity index is 0.000000261. The van der Waals surface area contributed by atoms with Crippen LogP contribution in [0.25, 0.3) is 0 Å². The van der Waals surface area contributed by atoms with Gasteiger partial charge in [-0.15, -0.1) is 0 Å². The van der Waals surface area contributed by atoms with Gasteiger partial charge in [0, 0.05) is 6.10 Å². The lowest BCUT2D eigenvalue weighted by atomic mass is 9.89. The third-order valence-corrected chi connectivity index (χ3v) is 1.91. The number of aliphatic hydroxyl groups excluding tert-OH is 2. The molecule has 2 unspecified atom stereocenters. The van der Waals surface area contributed by atoms with Gasteiger partial charge in [-0.25, -0.2) is 0 Å². The van der Waals surface area contributed by atoms with Crippen LogP contribution >= 0.6 is 0 Å². The van der Waals surface area contributed by atoms with E-state index in [-0.39, 0.29) is 12.2 Å². The molecule has 0 heterocycles. The maximum Gasteiger partial charge on any atom is 0.0542 e. The van der Waals surface area contributed by atoms with E-state index in [1.807, 2.05) is 0 Å². The van der Waals surface area contributed by atoms with E-state index in [2.05, 4.69) is 6.92 Å². The zero-order valence-electron chi connectivity index (χ0n) is 8.45. The summed E-state index contributed by atoms with van der Waals surface area (Å²) in [6.07, 6.45) is 4.45. The molecule has 2 heteroatoms. The summed E-state index contributed by atoms with van der Waals surface area (Å²) in [6, 6.07) is 0. The summed E-state index contributed by atoms with van der Waals surface area (Å²) in [5.41, 5.74) is 0. The fourth-order valence-electron chi connectivity index (χ4n) is 1.40. The van der Waals surface area contributed by atoms with Crippen molar-refractivity contribution in [2.75, 3.05) is 0 Å². The largest absolute Gasteiger partial charge is 0.394 e. The lowest BCUT2D eigenvalue weighted by Crippen LogP contribution is -2.16. The first-order valence-electron chi connectivity index (χ1n) is 4.88. The van der Waals surface area contributed by atoms with E-state index in [4.69, 9.17) is 10.2 Å². The first kappa shape index (κ1) is 11.9. The molecule has 0 amide bonds. The Morgan fingerprint density at radius 2 is 1.75 bits per heavy atom. The predicted molar refractivity (Wildman–Crippen MR) is 51.0 cm³/mol. The van der Waals surface area contributed by atoms with Crippen LogP contribution in [-0.2, 0) is 0 Å². The van der Waals surface area contributed by atoms with Gasteiger partial charge in [-0.05, 0) is 32.6 Å². The highest BCUT2D eigenvalue weighted by atomic mass is 16.3. The molecule has 0 radical (unpaired) electrons. The second-order valence-electron chi connectivity index (χ2n) is 4.02. The molecule has 1 aliphatic rings. The molecular weight excluding hydrogens is 152 g/mol. The maximum atomic E-state index is 9.08. The van der Waals surface area contributed by atoms with Gasteiger partial charge in [-0.2, -0.15) is 0 Å². The summed E-state index contributed by atoms with van der Waals surface area (Å²) in [4.78, 5) is 0.